The molecule has 0 aromatic heterocycles. The molecule has 2 N–H and O–H groups in total. The summed E-state index contributed by atoms with van der Waals surface area (Å²) in [6.07, 6.45) is 0. The van der Waals surface area contributed by atoms with Gasteiger partial charge in [-0.25, -0.2) is 9.82 Å². The fourth-order valence-corrected chi connectivity index (χ4v) is 1.77. The molecule has 2 aromatic rings. The van der Waals surface area contributed by atoms with Crippen LogP contribution in [0, 0.1) is 5.82 Å². The van der Waals surface area contributed by atoms with E-state index in [-0.39, 0.29) is 11.7 Å². The number of hydrogen-bond acceptors (Lipinski definition) is 3. The molecule has 0 saturated carbocycles. The lowest BCUT2D eigenvalue weighted by Gasteiger charge is -2.10. The fraction of sp³-hybridized carbons (Fsp3) is 0.133. The Labute approximate surface area is 116 Å². The number of ether oxygens (including phenoxy) is 1. The maximum atomic E-state index is 13.0. The molecular weight excluding hydrogens is 259 g/mol. The van der Waals surface area contributed by atoms with E-state index >= 15 is 0 Å². The third-order valence-electron chi connectivity index (χ3n) is 2.74. The molecule has 0 aliphatic rings. The highest BCUT2D eigenvalue weighted by atomic mass is 19.1. The predicted octanol–water partition coefficient (Wildman–Crippen LogP) is 2.27. The molecule has 0 atom stereocenters. The van der Waals surface area contributed by atoms with Crippen molar-refractivity contribution in [2.24, 2.45) is 0 Å². The van der Waals surface area contributed by atoms with E-state index in [9.17, 15) is 9.18 Å². The molecule has 1 amide bonds. The first-order chi connectivity index (χ1) is 9.70. The van der Waals surface area contributed by atoms with Gasteiger partial charge in [0.25, 0.3) is 5.91 Å². The van der Waals surface area contributed by atoms with Crippen LogP contribution in [0.5, 0.6) is 5.75 Å². The molecule has 4 nitrogen and oxygen atoms in total. The van der Waals surface area contributed by atoms with Gasteiger partial charge < -0.3 is 4.74 Å². The number of carbonyl (C=O) groups excluding carboxylic acids is 1. The summed E-state index contributed by atoms with van der Waals surface area (Å²) in [5.74, 6) is -0.114. The fourth-order valence-electron chi connectivity index (χ4n) is 1.77. The number of benzene rings is 2. The van der Waals surface area contributed by atoms with Crippen molar-refractivity contribution >= 4 is 5.91 Å². The van der Waals surface area contributed by atoms with Crippen LogP contribution in [-0.4, -0.2) is 13.0 Å². The monoisotopic (exact) mass is 274 g/mol. The summed E-state index contributed by atoms with van der Waals surface area (Å²) in [6.45, 7) is 0.332. The van der Waals surface area contributed by atoms with Crippen molar-refractivity contribution in [2.45, 2.75) is 6.54 Å². The Bertz CT molecular complexity index is 602. The topological polar surface area (TPSA) is 50.4 Å². The molecule has 0 aliphatic heterocycles. The zero-order valence-electron chi connectivity index (χ0n) is 11.0. The number of hydrazine groups is 1. The van der Waals surface area contributed by atoms with Gasteiger partial charge in [0.05, 0.1) is 12.7 Å². The second-order valence-electron chi connectivity index (χ2n) is 4.14. The van der Waals surface area contributed by atoms with Gasteiger partial charge in [-0.1, -0.05) is 24.3 Å². The van der Waals surface area contributed by atoms with Crippen LogP contribution >= 0.6 is 0 Å². The van der Waals surface area contributed by atoms with Crippen molar-refractivity contribution in [1.82, 2.24) is 10.9 Å². The van der Waals surface area contributed by atoms with Crippen LogP contribution in [0.15, 0.2) is 48.5 Å². The number of para-hydroxylation sites is 1. The Hall–Kier alpha value is -2.40. The molecular formula is C15H15FN2O2. The van der Waals surface area contributed by atoms with Crippen molar-refractivity contribution in [3.8, 4) is 5.75 Å². The van der Waals surface area contributed by atoms with Crippen LogP contribution in [-0.2, 0) is 6.54 Å². The number of amides is 1. The van der Waals surface area contributed by atoms with Gasteiger partial charge >= 0.3 is 0 Å². The minimum atomic E-state index is -0.307. The summed E-state index contributed by atoms with van der Waals surface area (Å²) in [4.78, 5) is 12.0. The van der Waals surface area contributed by atoms with Gasteiger partial charge in [-0.2, -0.15) is 0 Å². The lowest BCUT2D eigenvalue weighted by atomic mass is 10.2. The van der Waals surface area contributed by atoms with Crippen LogP contribution in [0.3, 0.4) is 0 Å². The van der Waals surface area contributed by atoms with E-state index in [1.807, 2.05) is 0 Å². The average Bonchev–Trinajstić information content (AvgIpc) is 2.47. The Morgan fingerprint density at radius 2 is 2.00 bits per heavy atom. The third kappa shape index (κ3) is 3.55. The predicted molar refractivity (Wildman–Crippen MR) is 73.7 cm³/mol. The highest BCUT2D eigenvalue weighted by molar-refractivity contribution is 5.96. The average molecular weight is 274 g/mol. The summed E-state index contributed by atoms with van der Waals surface area (Å²) >= 11 is 0. The SMILES string of the molecule is COc1ccccc1C(=O)NNCc1cccc(F)c1. The number of halogens is 1. The van der Waals surface area contributed by atoms with Crippen molar-refractivity contribution in [3.05, 3.63) is 65.5 Å². The van der Waals surface area contributed by atoms with Crippen molar-refractivity contribution in [1.29, 1.82) is 0 Å². The van der Waals surface area contributed by atoms with Gasteiger partial charge in [-0.3, -0.25) is 10.2 Å². The van der Waals surface area contributed by atoms with E-state index in [4.69, 9.17) is 4.74 Å². The maximum absolute atomic E-state index is 13.0. The summed E-state index contributed by atoms with van der Waals surface area (Å²) in [6, 6.07) is 13.1. The van der Waals surface area contributed by atoms with Gasteiger partial charge in [0.15, 0.2) is 0 Å². The Morgan fingerprint density at radius 1 is 1.20 bits per heavy atom. The maximum Gasteiger partial charge on any atom is 0.269 e. The van der Waals surface area contributed by atoms with Gasteiger partial charge in [0, 0.05) is 6.54 Å². The first-order valence-corrected chi connectivity index (χ1v) is 6.11. The number of nitrogens with one attached hydrogen (secondary N) is 2. The van der Waals surface area contributed by atoms with Crippen molar-refractivity contribution in [2.75, 3.05) is 7.11 Å². The normalized spacial score (nSPS) is 10.1. The first kappa shape index (κ1) is 14.0. The number of hydrogen-bond donors (Lipinski definition) is 2. The van der Waals surface area contributed by atoms with Crippen LogP contribution in [0.1, 0.15) is 15.9 Å². The molecule has 104 valence electrons. The highest BCUT2D eigenvalue weighted by Gasteiger charge is 2.10. The molecule has 0 heterocycles. The summed E-state index contributed by atoms with van der Waals surface area (Å²) in [5.41, 5.74) is 6.48. The first-order valence-electron chi connectivity index (χ1n) is 6.11. The lowest BCUT2D eigenvalue weighted by Crippen LogP contribution is -2.37. The number of methoxy groups -OCH3 is 1. The second-order valence-corrected chi connectivity index (χ2v) is 4.14. The molecule has 5 heteroatoms. The molecule has 0 radical (unpaired) electrons. The van der Waals surface area contributed by atoms with Gasteiger partial charge in [-0.15, -0.1) is 0 Å². The molecule has 20 heavy (non-hydrogen) atoms. The Balaban J connectivity index is 1.92. The smallest absolute Gasteiger partial charge is 0.269 e. The quantitative estimate of drug-likeness (QED) is 0.822. The van der Waals surface area contributed by atoms with Crippen LogP contribution in [0.2, 0.25) is 0 Å². The standard InChI is InChI=1S/C15H15FN2O2/c1-20-14-8-3-2-7-13(14)15(19)18-17-10-11-5-4-6-12(16)9-11/h2-9,17H,10H2,1H3,(H,18,19). The lowest BCUT2D eigenvalue weighted by molar-refractivity contribution is 0.0929. The molecule has 2 aromatic carbocycles. The summed E-state index contributed by atoms with van der Waals surface area (Å²) in [5, 5.41) is 0. The molecule has 0 unspecified atom stereocenters. The van der Waals surface area contributed by atoms with E-state index in [2.05, 4.69) is 10.9 Å². The summed E-state index contributed by atoms with van der Waals surface area (Å²) in [7, 11) is 1.51. The van der Waals surface area contributed by atoms with Gasteiger partial charge in [-0.05, 0) is 29.8 Å². The van der Waals surface area contributed by atoms with Crippen molar-refractivity contribution in [3.63, 3.8) is 0 Å². The molecule has 0 saturated heterocycles. The zero-order valence-corrected chi connectivity index (χ0v) is 11.0. The van der Waals surface area contributed by atoms with Crippen LogP contribution in [0.4, 0.5) is 4.39 Å². The van der Waals surface area contributed by atoms with E-state index in [0.29, 0.717) is 17.9 Å². The van der Waals surface area contributed by atoms with Crippen LogP contribution < -0.4 is 15.6 Å². The van der Waals surface area contributed by atoms with E-state index < -0.39 is 0 Å². The minimum Gasteiger partial charge on any atom is -0.496 e. The minimum absolute atomic E-state index is 0.305. The summed E-state index contributed by atoms with van der Waals surface area (Å²) < 4.78 is 18.1. The Kier molecular flexibility index (Phi) is 4.68. The zero-order chi connectivity index (χ0) is 14.4. The largest absolute Gasteiger partial charge is 0.496 e. The van der Waals surface area contributed by atoms with Crippen LogP contribution in [0.25, 0.3) is 0 Å². The number of rotatable bonds is 5. The molecule has 0 spiro atoms. The van der Waals surface area contributed by atoms with E-state index in [1.54, 1.807) is 36.4 Å². The van der Waals surface area contributed by atoms with Gasteiger partial charge in [0.2, 0.25) is 0 Å². The van der Waals surface area contributed by atoms with E-state index in [0.717, 1.165) is 5.56 Å². The molecule has 0 bridgehead atoms. The van der Waals surface area contributed by atoms with E-state index in [1.165, 1.54) is 19.2 Å². The molecule has 2 rings (SSSR count). The number of carbonyl (C=O) groups is 1. The second kappa shape index (κ2) is 6.68. The highest BCUT2D eigenvalue weighted by Crippen LogP contribution is 2.16. The third-order valence-corrected chi connectivity index (χ3v) is 2.74. The Morgan fingerprint density at radius 3 is 2.75 bits per heavy atom. The molecule has 0 aliphatic carbocycles. The van der Waals surface area contributed by atoms with Crippen molar-refractivity contribution < 1.29 is 13.9 Å². The van der Waals surface area contributed by atoms with Gasteiger partial charge in [0.1, 0.15) is 11.6 Å². The molecule has 0 fully saturated rings.